The van der Waals surface area contributed by atoms with Gasteiger partial charge in [-0.2, -0.15) is 13.2 Å². The number of hydrogen-bond donors (Lipinski definition) is 4. The fraction of sp³-hybridized carbons (Fsp3) is 0.0952. The van der Waals surface area contributed by atoms with E-state index >= 15 is 0 Å². The Labute approximate surface area is 194 Å². The van der Waals surface area contributed by atoms with Gasteiger partial charge in [0, 0.05) is 18.0 Å². The molecule has 0 saturated carbocycles. The van der Waals surface area contributed by atoms with Crippen LogP contribution in [-0.4, -0.2) is 28.8 Å². The van der Waals surface area contributed by atoms with E-state index in [2.05, 4.69) is 20.9 Å². The number of alkyl halides is 3. The molecule has 0 saturated heterocycles. The third kappa shape index (κ3) is 6.11. The Morgan fingerprint density at radius 3 is 2.56 bits per heavy atom. The highest BCUT2D eigenvalue weighted by molar-refractivity contribution is 6.31. The fourth-order valence-electron chi connectivity index (χ4n) is 2.70. The van der Waals surface area contributed by atoms with Gasteiger partial charge in [0.05, 0.1) is 10.6 Å². The number of carbonyl (C=O) groups is 2. The van der Waals surface area contributed by atoms with Gasteiger partial charge in [0.25, 0.3) is 5.91 Å². The van der Waals surface area contributed by atoms with Crippen molar-refractivity contribution in [2.45, 2.75) is 6.18 Å². The summed E-state index contributed by atoms with van der Waals surface area (Å²) < 4.78 is 59.1. The minimum atomic E-state index is -4.74. The quantitative estimate of drug-likeness (QED) is 0.282. The van der Waals surface area contributed by atoms with Gasteiger partial charge in [-0.05, 0) is 36.4 Å². The van der Waals surface area contributed by atoms with E-state index in [1.807, 2.05) is 0 Å². The molecular formula is C21H15ClF4N4O4. The van der Waals surface area contributed by atoms with Crippen molar-refractivity contribution in [3.05, 3.63) is 76.8 Å². The SMILES string of the molecule is O=C(Nc1ccc(Cl)c(C(F)(F)F)c1)Nc1c(F)cccc1Oc1ccnc(C(=O)NCO)c1. The van der Waals surface area contributed by atoms with Crippen LogP contribution in [0, 0.1) is 5.82 Å². The van der Waals surface area contributed by atoms with Crippen molar-refractivity contribution in [3.63, 3.8) is 0 Å². The Morgan fingerprint density at radius 1 is 1.09 bits per heavy atom. The van der Waals surface area contributed by atoms with Gasteiger partial charge in [-0.1, -0.05) is 17.7 Å². The van der Waals surface area contributed by atoms with Gasteiger partial charge in [0.2, 0.25) is 0 Å². The number of aromatic nitrogens is 1. The zero-order valence-electron chi connectivity index (χ0n) is 16.9. The summed E-state index contributed by atoms with van der Waals surface area (Å²) in [7, 11) is 0. The number of carbonyl (C=O) groups excluding carboxylic acids is 2. The van der Waals surface area contributed by atoms with Crippen LogP contribution in [0.2, 0.25) is 5.02 Å². The average molecular weight is 499 g/mol. The van der Waals surface area contributed by atoms with Gasteiger partial charge < -0.3 is 25.8 Å². The lowest BCUT2D eigenvalue weighted by molar-refractivity contribution is -0.137. The number of ether oxygens (including phenoxy) is 1. The molecule has 0 aliphatic carbocycles. The zero-order chi connectivity index (χ0) is 24.9. The lowest BCUT2D eigenvalue weighted by atomic mass is 10.2. The first kappa shape index (κ1) is 24.7. The highest BCUT2D eigenvalue weighted by Crippen LogP contribution is 2.36. The number of nitrogens with zero attached hydrogens (tertiary/aromatic N) is 1. The number of pyridine rings is 1. The average Bonchev–Trinajstić information content (AvgIpc) is 2.77. The number of nitrogens with one attached hydrogen (secondary N) is 3. The van der Waals surface area contributed by atoms with E-state index < -0.39 is 46.9 Å². The first-order chi connectivity index (χ1) is 16.1. The number of benzene rings is 2. The van der Waals surface area contributed by atoms with Crippen LogP contribution in [0.5, 0.6) is 11.5 Å². The van der Waals surface area contributed by atoms with Crippen molar-refractivity contribution in [2.24, 2.45) is 0 Å². The molecule has 0 atom stereocenters. The molecule has 0 spiro atoms. The van der Waals surface area contributed by atoms with Crippen molar-refractivity contribution in [2.75, 3.05) is 17.4 Å². The van der Waals surface area contributed by atoms with E-state index in [1.165, 1.54) is 30.5 Å². The molecule has 0 unspecified atom stereocenters. The standard InChI is InChI=1S/C21H15ClF4N4O4/c22-14-5-4-11(8-13(14)21(24,25)26)29-20(33)30-18-15(23)2-1-3-17(18)34-12-6-7-27-16(9-12)19(32)28-10-31/h1-9,31H,10H2,(H,28,32)(H2,29,30,33). The second-order valence-corrected chi connectivity index (χ2v) is 6.93. The third-order valence-electron chi connectivity index (χ3n) is 4.18. The zero-order valence-corrected chi connectivity index (χ0v) is 17.7. The molecule has 2 aromatic carbocycles. The maximum Gasteiger partial charge on any atom is 0.417 e. The number of aliphatic hydroxyl groups excluding tert-OH is 1. The maximum absolute atomic E-state index is 14.4. The van der Waals surface area contributed by atoms with Crippen molar-refractivity contribution < 1.29 is 37.0 Å². The monoisotopic (exact) mass is 498 g/mol. The van der Waals surface area contributed by atoms with E-state index in [0.29, 0.717) is 6.07 Å². The van der Waals surface area contributed by atoms with Gasteiger partial charge >= 0.3 is 12.2 Å². The summed E-state index contributed by atoms with van der Waals surface area (Å²) in [5.41, 5.74) is -1.90. The van der Waals surface area contributed by atoms with Gasteiger partial charge in [0.15, 0.2) is 11.6 Å². The fourth-order valence-corrected chi connectivity index (χ4v) is 2.92. The van der Waals surface area contributed by atoms with Crippen LogP contribution in [0.1, 0.15) is 16.1 Å². The molecule has 8 nitrogen and oxygen atoms in total. The van der Waals surface area contributed by atoms with Gasteiger partial charge in [-0.25, -0.2) is 9.18 Å². The minimum Gasteiger partial charge on any atom is -0.455 e. The van der Waals surface area contributed by atoms with Gasteiger partial charge in [-0.15, -0.1) is 0 Å². The molecule has 13 heteroatoms. The minimum absolute atomic E-state index is 0.0552. The lowest BCUT2D eigenvalue weighted by Gasteiger charge is -2.15. The summed E-state index contributed by atoms with van der Waals surface area (Å²) in [5.74, 6) is -1.69. The Balaban J connectivity index is 1.80. The highest BCUT2D eigenvalue weighted by atomic mass is 35.5. The van der Waals surface area contributed by atoms with E-state index in [1.54, 1.807) is 0 Å². The molecule has 34 heavy (non-hydrogen) atoms. The van der Waals surface area contributed by atoms with Crippen LogP contribution in [0.15, 0.2) is 54.7 Å². The number of rotatable bonds is 6. The summed E-state index contributed by atoms with van der Waals surface area (Å²) in [6, 6.07) is 7.90. The molecule has 0 aliphatic heterocycles. The van der Waals surface area contributed by atoms with Crippen LogP contribution in [0.4, 0.5) is 33.7 Å². The Hall–Kier alpha value is -3.90. The van der Waals surface area contributed by atoms with E-state index in [4.69, 9.17) is 21.4 Å². The predicted molar refractivity (Wildman–Crippen MR) is 114 cm³/mol. The smallest absolute Gasteiger partial charge is 0.417 e. The summed E-state index contributed by atoms with van der Waals surface area (Å²) in [4.78, 5) is 28.0. The molecule has 1 aromatic heterocycles. The number of para-hydroxylation sites is 1. The summed E-state index contributed by atoms with van der Waals surface area (Å²) in [6.45, 7) is -0.614. The molecule has 3 aromatic rings. The van der Waals surface area contributed by atoms with E-state index in [9.17, 15) is 27.2 Å². The number of hydrogen-bond acceptors (Lipinski definition) is 5. The number of aliphatic hydroxyl groups is 1. The summed E-state index contributed by atoms with van der Waals surface area (Å²) in [6.07, 6.45) is -3.51. The molecule has 1 heterocycles. The molecule has 178 valence electrons. The van der Waals surface area contributed by atoms with Gasteiger partial charge in [0.1, 0.15) is 23.9 Å². The Morgan fingerprint density at radius 2 is 1.85 bits per heavy atom. The first-order valence-corrected chi connectivity index (χ1v) is 9.72. The number of urea groups is 1. The first-order valence-electron chi connectivity index (χ1n) is 9.34. The molecule has 3 rings (SSSR count). The normalized spacial score (nSPS) is 11.0. The number of halogens is 5. The Bertz CT molecular complexity index is 1220. The van der Waals surface area contributed by atoms with Gasteiger partial charge in [-0.3, -0.25) is 9.78 Å². The molecule has 0 bridgehead atoms. The molecule has 0 aliphatic rings. The van der Waals surface area contributed by atoms with Crippen molar-refractivity contribution in [3.8, 4) is 11.5 Å². The molecule has 4 N–H and O–H groups in total. The molecule has 0 radical (unpaired) electrons. The second-order valence-electron chi connectivity index (χ2n) is 6.53. The summed E-state index contributed by atoms with van der Waals surface area (Å²) in [5, 5.41) is 14.7. The lowest BCUT2D eigenvalue weighted by Crippen LogP contribution is -2.24. The second kappa shape index (κ2) is 10.4. The number of amides is 3. The van der Waals surface area contributed by atoms with E-state index in [0.717, 1.165) is 18.2 Å². The molecule has 3 amide bonds. The predicted octanol–water partition coefficient (Wildman–Crippen LogP) is 5.01. The molecule has 0 fully saturated rings. The highest BCUT2D eigenvalue weighted by Gasteiger charge is 2.33. The van der Waals surface area contributed by atoms with Crippen LogP contribution < -0.4 is 20.7 Å². The van der Waals surface area contributed by atoms with Crippen molar-refractivity contribution in [1.82, 2.24) is 10.3 Å². The molecular weight excluding hydrogens is 484 g/mol. The van der Waals surface area contributed by atoms with Crippen LogP contribution in [0.3, 0.4) is 0 Å². The summed E-state index contributed by atoms with van der Waals surface area (Å²) >= 11 is 5.56. The van der Waals surface area contributed by atoms with Crippen LogP contribution >= 0.6 is 11.6 Å². The number of anilines is 2. The third-order valence-corrected chi connectivity index (χ3v) is 4.50. The van der Waals surface area contributed by atoms with Crippen LogP contribution in [0.25, 0.3) is 0 Å². The van der Waals surface area contributed by atoms with E-state index in [-0.39, 0.29) is 22.9 Å². The van der Waals surface area contributed by atoms with Crippen molar-refractivity contribution in [1.29, 1.82) is 0 Å². The Kier molecular flexibility index (Phi) is 7.54. The van der Waals surface area contributed by atoms with Crippen LogP contribution in [-0.2, 0) is 6.18 Å². The largest absolute Gasteiger partial charge is 0.455 e. The van der Waals surface area contributed by atoms with Crippen molar-refractivity contribution >= 4 is 34.9 Å². The topological polar surface area (TPSA) is 113 Å². The maximum atomic E-state index is 14.4.